The predicted octanol–water partition coefficient (Wildman–Crippen LogP) is 6.86. The Labute approximate surface area is 222 Å². The molecule has 0 aliphatic rings. The second-order valence-electron chi connectivity index (χ2n) is 9.62. The fourth-order valence-electron chi connectivity index (χ4n) is 4.31. The van der Waals surface area contributed by atoms with Crippen molar-refractivity contribution in [3.8, 4) is 0 Å². The zero-order chi connectivity index (χ0) is 26.2. The summed E-state index contributed by atoms with van der Waals surface area (Å²) in [6, 6.07) is 17.4. The van der Waals surface area contributed by atoms with E-state index in [1.54, 1.807) is 12.4 Å². The molecule has 37 heavy (non-hydrogen) atoms. The number of aromatic amines is 1. The third-order valence-electron chi connectivity index (χ3n) is 5.81. The molecule has 2 aromatic carbocycles. The van der Waals surface area contributed by atoms with Crippen LogP contribution in [0.25, 0.3) is 21.9 Å². The Morgan fingerprint density at radius 2 is 1.78 bits per heavy atom. The number of hydrogen-bond acceptors (Lipinski definition) is 4. The van der Waals surface area contributed by atoms with E-state index < -0.39 is 11.6 Å². The van der Waals surface area contributed by atoms with Crippen molar-refractivity contribution in [3.63, 3.8) is 0 Å². The smallest absolute Gasteiger partial charge is 0.334 e. The van der Waals surface area contributed by atoms with Crippen LogP contribution in [0.5, 0.6) is 0 Å². The van der Waals surface area contributed by atoms with Crippen LogP contribution in [0.3, 0.4) is 0 Å². The first-order valence-electron chi connectivity index (χ1n) is 11.8. The molecule has 3 heterocycles. The number of halogens is 1. The molecule has 0 saturated carbocycles. The molecule has 2 amide bonds. The van der Waals surface area contributed by atoms with Gasteiger partial charge < -0.3 is 24.9 Å². The number of H-pyrrole nitrogens is 1. The number of pyridine rings is 1. The number of fused-ring (bicyclic) bond motifs is 2. The number of benzene rings is 2. The maximum atomic E-state index is 13.6. The minimum absolute atomic E-state index is 0.366. The lowest BCUT2D eigenvalue weighted by molar-refractivity contribution is -0.157. The van der Waals surface area contributed by atoms with Crippen molar-refractivity contribution in [3.05, 3.63) is 89.3 Å². The van der Waals surface area contributed by atoms with Gasteiger partial charge in [0.05, 0.1) is 11.2 Å². The lowest BCUT2D eigenvalue weighted by Gasteiger charge is -2.26. The number of urea groups is 1. The van der Waals surface area contributed by atoms with Gasteiger partial charge in [0.15, 0.2) is 6.04 Å². The minimum Gasteiger partial charge on any atom is -0.458 e. The molecule has 0 spiro atoms. The van der Waals surface area contributed by atoms with Gasteiger partial charge in [0.1, 0.15) is 11.2 Å². The molecule has 0 radical (unpaired) electrons. The standard InChI is InChI=1S/C28H26BrN5O3/c1-28(2,3)37-26(35)24(19-11-14-30-25-20(19)12-15-31-25)34-16-13-21-22(5-4-6-23(21)34)33-27(36)32-18-9-7-17(29)8-10-18/h4-16,24H,1-3H3,(H,30,31)(H2,32,33,36). The largest absolute Gasteiger partial charge is 0.458 e. The van der Waals surface area contributed by atoms with Gasteiger partial charge in [-0.05, 0) is 80.9 Å². The first-order chi connectivity index (χ1) is 17.7. The summed E-state index contributed by atoms with van der Waals surface area (Å²) in [6.07, 6.45) is 5.32. The van der Waals surface area contributed by atoms with Gasteiger partial charge in [-0.15, -0.1) is 0 Å². The summed E-state index contributed by atoms with van der Waals surface area (Å²) in [5, 5.41) is 7.39. The molecule has 0 saturated heterocycles. The fourth-order valence-corrected chi connectivity index (χ4v) is 4.57. The summed E-state index contributed by atoms with van der Waals surface area (Å²) in [4.78, 5) is 33.8. The van der Waals surface area contributed by atoms with Crippen molar-refractivity contribution >= 4 is 61.2 Å². The summed E-state index contributed by atoms with van der Waals surface area (Å²) < 4.78 is 8.65. The molecule has 8 nitrogen and oxygen atoms in total. The van der Waals surface area contributed by atoms with Crippen molar-refractivity contribution in [1.82, 2.24) is 14.5 Å². The van der Waals surface area contributed by atoms with E-state index in [1.165, 1.54) is 0 Å². The summed E-state index contributed by atoms with van der Waals surface area (Å²) in [5.41, 5.74) is 2.86. The SMILES string of the molecule is CC(C)(C)OC(=O)C(c1ccnc2[nH]ccc12)n1ccc2c(NC(=O)Nc3ccc(Br)cc3)cccc21. The third kappa shape index (κ3) is 5.22. The number of nitrogens with zero attached hydrogens (tertiary/aromatic N) is 2. The number of nitrogens with one attached hydrogen (secondary N) is 3. The van der Waals surface area contributed by atoms with Gasteiger partial charge >= 0.3 is 12.0 Å². The molecule has 5 rings (SSSR count). The second kappa shape index (κ2) is 9.74. The summed E-state index contributed by atoms with van der Waals surface area (Å²) in [7, 11) is 0. The van der Waals surface area contributed by atoms with E-state index in [4.69, 9.17) is 4.74 Å². The van der Waals surface area contributed by atoms with Crippen LogP contribution in [0.4, 0.5) is 16.2 Å². The van der Waals surface area contributed by atoms with Gasteiger partial charge in [0.25, 0.3) is 0 Å². The molecule has 9 heteroatoms. The molecular formula is C28H26BrN5O3. The number of ether oxygens (including phenoxy) is 1. The van der Waals surface area contributed by atoms with Gasteiger partial charge in [-0.1, -0.05) is 22.0 Å². The van der Waals surface area contributed by atoms with E-state index in [-0.39, 0.29) is 12.0 Å². The number of carbonyl (C=O) groups excluding carboxylic acids is 2. The molecule has 0 bridgehead atoms. The lowest BCUT2D eigenvalue weighted by atomic mass is 10.0. The molecule has 1 atom stereocenters. The average Bonchev–Trinajstić information content (AvgIpc) is 3.48. The molecular weight excluding hydrogens is 534 g/mol. The number of anilines is 2. The van der Waals surface area contributed by atoms with Gasteiger partial charge in [-0.25, -0.2) is 14.6 Å². The molecule has 0 aliphatic heterocycles. The number of esters is 1. The van der Waals surface area contributed by atoms with Crippen LogP contribution in [-0.2, 0) is 9.53 Å². The zero-order valence-corrected chi connectivity index (χ0v) is 22.2. The maximum Gasteiger partial charge on any atom is 0.334 e. The first kappa shape index (κ1) is 24.6. The highest BCUT2D eigenvalue weighted by Gasteiger charge is 2.31. The van der Waals surface area contributed by atoms with E-state index in [9.17, 15) is 9.59 Å². The quantitative estimate of drug-likeness (QED) is 0.205. The highest BCUT2D eigenvalue weighted by Crippen LogP contribution is 2.34. The van der Waals surface area contributed by atoms with Crippen LogP contribution in [0.2, 0.25) is 0 Å². The first-order valence-corrected chi connectivity index (χ1v) is 12.6. The Bertz CT molecular complexity index is 1600. The molecule has 188 valence electrons. The van der Waals surface area contributed by atoms with Gasteiger partial charge in [0.2, 0.25) is 0 Å². The van der Waals surface area contributed by atoms with Crippen LogP contribution in [0, 0.1) is 0 Å². The van der Waals surface area contributed by atoms with Crippen molar-refractivity contribution < 1.29 is 14.3 Å². The highest BCUT2D eigenvalue weighted by atomic mass is 79.9. The van der Waals surface area contributed by atoms with Crippen LogP contribution in [0.15, 0.2) is 83.7 Å². The number of hydrogen-bond donors (Lipinski definition) is 3. The third-order valence-corrected chi connectivity index (χ3v) is 6.34. The normalized spacial score (nSPS) is 12.4. The second-order valence-corrected chi connectivity index (χ2v) is 10.5. The molecule has 0 fully saturated rings. The van der Waals surface area contributed by atoms with E-state index in [1.807, 2.05) is 92.2 Å². The molecule has 1 unspecified atom stereocenters. The topological polar surface area (TPSA) is 101 Å². The number of aromatic nitrogens is 3. The van der Waals surface area contributed by atoms with Gasteiger partial charge in [0, 0.05) is 39.5 Å². The Hall–Kier alpha value is -4.11. The Morgan fingerprint density at radius 1 is 1.00 bits per heavy atom. The van der Waals surface area contributed by atoms with Gasteiger partial charge in [-0.3, -0.25) is 0 Å². The van der Waals surface area contributed by atoms with Crippen molar-refractivity contribution in [1.29, 1.82) is 0 Å². The van der Waals surface area contributed by atoms with Gasteiger partial charge in [-0.2, -0.15) is 0 Å². The number of carbonyl (C=O) groups is 2. The van der Waals surface area contributed by atoms with E-state index in [0.717, 1.165) is 26.3 Å². The van der Waals surface area contributed by atoms with Crippen LogP contribution >= 0.6 is 15.9 Å². The highest BCUT2D eigenvalue weighted by molar-refractivity contribution is 9.10. The fraction of sp³-hybridized carbons (Fsp3) is 0.179. The molecule has 5 aromatic rings. The van der Waals surface area contributed by atoms with E-state index in [0.29, 0.717) is 17.0 Å². The molecule has 3 aromatic heterocycles. The van der Waals surface area contributed by atoms with E-state index >= 15 is 0 Å². The molecule has 3 N–H and O–H groups in total. The monoisotopic (exact) mass is 559 g/mol. The van der Waals surface area contributed by atoms with Crippen molar-refractivity contribution in [2.45, 2.75) is 32.4 Å². The van der Waals surface area contributed by atoms with Crippen molar-refractivity contribution in [2.75, 3.05) is 10.6 Å². The minimum atomic E-state index is -0.759. The Balaban J connectivity index is 1.53. The van der Waals surface area contributed by atoms with Crippen LogP contribution in [0.1, 0.15) is 32.4 Å². The van der Waals surface area contributed by atoms with E-state index in [2.05, 4.69) is 36.5 Å². The Kier molecular flexibility index (Phi) is 6.47. The number of amides is 2. The summed E-state index contributed by atoms with van der Waals surface area (Å²) in [6.45, 7) is 5.54. The predicted molar refractivity (Wildman–Crippen MR) is 149 cm³/mol. The maximum absolute atomic E-state index is 13.6. The Morgan fingerprint density at radius 3 is 2.54 bits per heavy atom. The summed E-state index contributed by atoms with van der Waals surface area (Å²) in [5.74, 6) is -0.384. The molecule has 0 aliphatic carbocycles. The van der Waals surface area contributed by atoms with Crippen LogP contribution in [-0.4, -0.2) is 32.1 Å². The lowest BCUT2D eigenvalue weighted by Crippen LogP contribution is -2.31. The van der Waals surface area contributed by atoms with Crippen LogP contribution < -0.4 is 10.6 Å². The average molecular weight is 560 g/mol. The zero-order valence-electron chi connectivity index (χ0n) is 20.6. The number of rotatable bonds is 5. The summed E-state index contributed by atoms with van der Waals surface area (Å²) >= 11 is 3.39. The van der Waals surface area contributed by atoms with Crippen molar-refractivity contribution in [2.24, 2.45) is 0 Å².